The zero-order valence-corrected chi connectivity index (χ0v) is 16.1. The number of hydrogen-bond acceptors (Lipinski definition) is 7. The van der Waals surface area contributed by atoms with Crippen molar-refractivity contribution in [1.29, 1.82) is 0 Å². The highest BCUT2D eigenvalue weighted by molar-refractivity contribution is 7.18. The van der Waals surface area contributed by atoms with Crippen LogP contribution in [-0.2, 0) is 20.9 Å². The van der Waals surface area contributed by atoms with Gasteiger partial charge in [-0.15, -0.1) is 11.3 Å². The van der Waals surface area contributed by atoms with Crippen LogP contribution in [0.4, 0.5) is 5.00 Å². The van der Waals surface area contributed by atoms with Crippen LogP contribution in [0.3, 0.4) is 0 Å². The van der Waals surface area contributed by atoms with Crippen molar-refractivity contribution in [2.45, 2.75) is 52.1 Å². The Balaban J connectivity index is 2.08. The van der Waals surface area contributed by atoms with Crippen LogP contribution >= 0.6 is 11.3 Å². The summed E-state index contributed by atoms with van der Waals surface area (Å²) >= 11 is 0.987. The van der Waals surface area contributed by atoms with Gasteiger partial charge in [0, 0.05) is 19.0 Å². The number of rotatable bonds is 8. The molecule has 3 N–H and O–H groups in total. The molecule has 1 saturated carbocycles. The monoisotopic (exact) mass is 382 g/mol. The van der Waals surface area contributed by atoms with Gasteiger partial charge in [0.2, 0.25) is 0 Å². The Morgan fingerprint density at radius 2 is 1.92 bits per heavy atom. The minimum Gasteiger partial charge on any atom is -0.462 e. The number of ether oxygens (including phenoxy) is 2. The molecular weight excluding hydrogens is 356 g/mol. The number of carbonyl (C=O) groups excluding carboxylic acids is 3. The first-order valence-corrected chi connectivity index (χ1v) is 9.75. The molecule has 144 valence electrons. The van der Waals surface area contributed by atoms with E-state index in [0.29, 0.717) is 17.9 Å². The molecule has 1 amide bonds. The first kappa shape index (κ1) is 20.2. The second-order valence-electron chi connectivity index (χ2n) is 6.30. The first-order chi connectivity index (χ1) is 12.5. The number of hydrogen-bond donors (Lipinski definition) is 2. The van der Waals surface area contributed by atoms with E-state index in [1.807, 2.05) is 0 Å². The molecule has 0 radical (unpaired) electrons. The standard InChI is InChI=1S/C18H26N2O5S/c1-3-24-18(23)14-12(15(17(22)20-2)26-16(14)19)10-25-13(21)9-8-11-6-4-5-7-11/h11H,3-10,19H2,1-2H3,(H,20,22). The van der Waals surface area contributed by atoms with Crippen molar-refractivity contribution in [3.05, 3.63) is 16.0 Å². The summed E-state index contributed by atoms with van der Waals surface area (Å²) in [6, 6.07) is 0. The maximum Gasteiger partial charge on any atom is 0.341 e. The molecule has 7 nitrogen and oxygen atoms in total. The van der Waals surface area contributed by atoms with Gasteiger partial charge in [-0.2, -0.15) is 0 Å². The molecule has 1 aliphatic carbocycles. The number of anilines is 1. The van der Waals surface area contributed by atoms with Crippen LogP contribution < -0.4 is 11.1 Å². The van der Waals surface area contributed by atoms with Crippen molar-refractivity contribution >= 4 is 34.2 Å². The van der Waals surface area contributed by atoms with E-state index in [4.69, 9.17) is 15.2 Å². The number of amides is 1. The lowest BCUT2D eigenvalue weighted by molar-refractivity contribution is -0.145. The third kappa shape index (κ3) is 4.97. The fraction of sp³-hybridized carbons (Fsp3) is 0.611. The zero-order chi connectivity index (χ0) is 19.1. The van der Waals surface area contributed by atoms with E-state index in [1.54, 1.807) is 6.92 Å². The third-order valence-corrected chi connectivity index (χ3v) is 5.62. The summed E-state index contributed by atoms with van der Waals surface area (Å²) in [6.45, 7) is 1.70. The lowest BCUT2D eigenvalue weighted by Gasteiger charge is -2.10. The Bertz CT molecular complexity index is 665. The maximum atomic E-state index is 12.2. The molecule has 0 aliphatic heterocycles. The van der Waals surface area contributed by atoms with Gasteiger partial charge in [-0.1, -0.05) is 25.7 Å². The molecule has 0 saturated heterocycles. The van der Waals surface area contributed by atoms with Crippen molar-refractivity contribution < 1.29 is 23.9 Å². The highest BCUT2D eigenvalue weighted by atomic mass is 32.1. The van der Waals surface area contributed by atoms with Crippen molar-refractivity contribution in [3.63, 3.8) is 0 Å². The van der Waals surface area contributed by atoms with Gasteiger partial charge in [-0.05, 0) is 19.3 Å². The molecule has 0 bridgehead atoms. The predicted molar refractivity (Wildman–Crippen MR) is 99.1 cm³/mol. The van der Waals surface area contributed by atoms with E-state index >= 15 is 0 Å². The van der Waals surface area contributed by atoms with Crippen LogP contribution in [0, 0.1) is 5.92 Å². The summed E-state index contributed by atoms with van der Waals surface area (Å²) < 4.78 is 10.3. The van der Waals surface area contributed by atoms with Crippen LogP contribution in [0.25, 0.3) is 0 Å². The predicted octanol–water partition coefficient (Wildman–Crippen LogP) is 2.88. The molecule has 0 unspecified atom stereocenters. The first-order valence-electron chi connectivity index (χ1n) is 8.93. The molecule has 1 aromatic rings. The Kier molecular flexibility index (Phi) is 7.44. The smallest absolute Gasteiger partial charge is 0.341 e. The van der Waals surface area contributed by atoms with Gasteiger partial charge in [-0.25, -0.2) is 4.79 Å². The average Bonchev–Trinajstić information content (AvgIpc) is 3.25. The van der Waals surface area contributed by atoms with Gasteiger partial charge in [0.05, 0.1) is 6.61 Å². The van der Waals surface area contributed by atoms with Crippen molar-refractivity contribution in [2.24, 2.45) is 5.92 Å². The Hall–Kier alpha value is -2.09. The molecule has 2 rings (SSSR count). The lowest BCUT2D eigenvalue weighted by Crippen LogP contribution is -2.20. The Morgan fingerprint density at radius 1 is 1.23 bits per heavy atom. The molecule has 0 spiro atoms. The van der Waals surface area contributed by atoms with Gasteiger partial charge >= 0.3 is 11.9 Å². The van der Waals surface area contributed by atoms with Crippen LogP contribution in [0.15, 0.2) is 0 Å². The normalized spacial score (nSPS) is 14.2. The number of nitrogens with two attached hydrogens (primary N) is 1. The van der Waals surface area contributed by atoms with Crippen LogP contribution in [0.5, 0.6) is 0 Å². The van der Waals surface area contributed by atoms with E-state index in [-0.39, 0.29) is 40.5 Å². The molecule has 0 atom stereocenters. The highest BCUT2D eigenvalue weighted by Crippen LogP contribution is 2.33. The number of nitrogens with one attached hydrogen (secondary N) is 1. The largest absolute Gasteiger partial charge is 0.462 e. The van der Waals surface area contributed by atoms with E-state index in [0.717, 1.165) is 17.8 Å². The van der Waals surface area contributed by atoms with Gasteiger partial charge in [0.1, 0.15) is 22.0 Å². The van der Waals surface area contributed by atoms with Crippen molar-refractivity contribution in [1.82, 2.24) is 5.32 Å². The molecule has 1 aromatic heterocycles. The molecule has 1 heterocycles. The van der Waals surface area contributed by atoms with E-state index in [1.165, 1.54) is 32.7 Å². The fourth-order valence-electron chi connectivity index (χ4n) is 3.19. The summed E-state index contributed by atoms with van der Waals surface area (Å²) in [6.07, 6.45) is 5.95. The van der Waals surface area contributed by atoms with Gasteiger partial charge in [0.25, 0.3) is 5.91 Å². The van der Waals surface area contributed by atoms with Gasteiger partial charge < -0.3 is 20.5 Å². The minimum atomic E-state index is -0.617. The maximum absolute atomic E-state index is 12.2. The second kappa shape index (κ2) is 9.56. The van der Waals surface area contributed by atoms with Crippen LogP contribution in [0.1, 0.15) is 71.0 Å². The zero-order valence-electron chi connectivity index (χ0n) is 15.3. The summed E-state index contributed by atoms with van der Waals surface area (Å²) in [5.41, 5.74) is 6.33. The van der Waals surface area contributed by atoms with E-state index in [2.05, 4.69) is 5.32 Å². The Morgan fingerprint density at radius 3 is 2.54 bits per heavy atom. The molecule has 8 heteroatoms. The second-order valence-corrected chi connectivity index (χ2v) is 7.35. The number of nitrogen functional groups attached to an aromatic ring is 1. The fourth-order valence-corrected chi connectivity index (χ4v) is 4.20. The molecular formula is C18H26N2O5S. The molecule has 1 aliphatic rings. The third-order valence-electron chi connectivity index (χ3n) is 4.56. The molecule has 1 fully saturated rings. The summed E-state index contributed by atoms with van der Waals surface area (Å²) in [4.78, 5) is 36.6. The van der Waals surface area contributed by atoms with Gasteiger partial charge in [0.15, 0.2) is 0 Å². The van der Waals surface area contributed by atoms with Crippen LogP contribution in [-0.4, -0.2) is 31.5 Å². The average molecular weight is 382 g/mol. The highest BCUT2D eigenvalue weighted by Gasteiger charge is 2.27. The topological polar surface area (TPSA) is 108 Å². The molecule has 26 heavy (non-hydrogen) atoms. The molecule has 0 aromatic carbocycles. The van der Waals surface area contributed by atoms with Crippen molar-refractivity contribution in [3.8, 4) is 0 Å². The summed E-state index contributed by atoms with van der Waals surface area (Å²) in [5, 5.41) is 2.69. The van der Waals surface area contributed by atoms with E-state index in [9.17, 15) is 14.4 Å². The number of carbonyl (C=O) groups is 3. The van der Waals surface area contributed by atoms with Crippen LogP contribution in [0.2, 0.25) is 0 Å². The number of esters is 2. The summed E-state index contributed by atoms with van der Waals surface area (Å²) in [5.74, 6) is -0.738. The van der Waals surface area contributed by atoms with E-state index < -0.39 is 5.97 Å². The number of thiophene rings is 1. The lowest BCUT2D eigenvalue weighted by atomic mass is 10.0. The minimum absolute atomic E-state index is 0.110. The summed E-state index contributed by atoms with van der Waals surface area (Å²) in [7, 11) is 1.49. The van der Waals surface area contributed by atoms with Gasteiger partial charge in [-0.3, -0.25) is 9.59 Å². The Labute approximate surface area is 157 Å². The quantitative estimate of drug-likeness (QED) is 0.669. The SMILES string of the molecule is CCOC(=O)c1c(N)sc(C(=O)NC)c1COC(=O)CCC1CCCC1. The van der Waals surface area contributed by atoms with Crippen molar-refractivity contribution in [2.75, 3.05) is 19.4 Å².